The molecule has 0 spiro atoms. The Labute approximate surface area is 102 Å². The lowest BCUT2D eigenvalue weighted by Crippen LogP contribution is -2.57. The van der Waals surface area contributed by atoms with Crippen LogP contribution in [0.25, 0.3) is 0 Å². The van der Waals surface area contributed by atoms with Gasteiger partial charge in [-0.1, -0.05) is 27.2 Å². The summed E-state index contributed by atoms with van der Waals surface area (Å²) < 4.78 is 0. The number of carbonyl (C=O) groups is 2. The van der Waals surface area contributed by atoms with Crippen LogP contribution in [0.15, 0.2) is 0 Å². The van der Waals surface area contributed by atoms with E-state index in [4.69, 9.17) is 10.8 Å². The molecule has 0 bridgehead atoms. The van der Waals surface area contributed by atoms with Crippen LogP contribution in [0.4, 0.5) is 0 Å². The van der Waals surface area contributed by atoms with Crippen molar-refractivity contribution in [2.45, 2.75) is 46.1 Å². The summed E-state index contributed by atoms with van der Waals surface area (Å²) in [7, 11) is 0. The maximum absolute atomic E-state index is 12.1. The van der Waals surface area contributed by atoms with Gasteiger partial charge in [0.25, 0.3) is 0 Å². The summed E-state index contributed by atoms with van der Waals surface area (Å²) in [6, 6.07) is -0.876. The second kappa shape index (κ2) is 4.64. The highest BCUT2D eigenvalue weighted by molar-refractivity contribution is 5.88. The van der Waals surface area contributed by atoms with Crippen LogP contribution in [-0.2, 0) is 9.59 Å². The quantitative estimate of drug-likeness (QED) is 0.677. The highest BCUT2D eigenvalue weighted by Gasteiger charge is 2.45. The Hall–Kier alpha value is -1.10. The molecule has 17 heavy (non-hydrogen) atoms. The zero-order valence-electron chi connectivity index (χ0n) is 10.7. The Kier molecular flexibility index (Phi) is 3.81. The molecule has 1 aliphatic carbocycles. The number of carboxylic acid groups (broad SMARTS) is 1. The average molecular weight is 242 g/mol. The van der Waals surface area contributed by atoms with Crippen LogP contribution in [-0.4, -0.2) is 29.6 Å². The van der Waals surface area contributed by atoms with Crippen LogP contribution in [0.1, 0.15) is 40.0 Å². The van der Waals surface area contributed by atoms with Gasteiger partial charge in [0.15, 0.2) is 0 Å². The number of hydrogen-bond donors (Lipinski definition) is 3. The van der Waals surface area contributed by atoms with Gasteiger partial charge >= 0.3 is 5.97 Å². The van der Waals surface area contributed by atoms with Crippen molar-refractivity contribution in [3.05, 3.63) is 0 Å². The van der Waals surface area contributed by atoms with Crippen molar-refractivity contribution in [3.8, 4) is 0 Å². The number of carbonyl (C=O) groups excluding carboxylic acids is 1. The molecule has 5 heteroatoms. The second-order valence-corrected chi connectivity index (χ2v) is 5.95. The molecule has 1 rings (SSSR count). The lowest BCUT2D eigenvalue weighted by atomic mass is 9.68. The van der Waals surface area contributed by atoms with Crippen LogP contribution in [0, 0.1) is 10.8 Å². The number of nitrogens with two attached hydrogens (primary N) is 1. The summed E-state index contributed by atoms with van der Waals surface area (Å²) >= 11 is 0. The third-order valence-electron chi connectivity index (χ3n) is 3.57. The van der Waals surface area contributed by atoms with Crippen LogP contribution >= 0.6 is 0 Å². The molecule has 1 fully saturated rings. The van der Waals surface area contributed by atoms with Gasteiger partial charge in [-0.15, -0.1) is 0 Å². The fourth-order valence-electron chi connectivity index (χ4n) is 2.06. The van der Waals surface area contributed by atoms with Crippen molar-refractivity contribution >= 4 is 11.9 Å². The fourth-order valence-corrected chi connectivity index (χ4v) is 2.06. The minimum absolute atomic E-state index is 0.214. The first kappa shape index (κ1) is 14.0. The van der Waals surface area contributed by atoms with Crippen molar-refractivity contribution in [2.24, 2.45) is 16.6 Å². The summed E-state index contributed by atoms with van der Waals surface area (Å²) in [4.78, 5) is 23.2. The highest BCUT2D eigenvalue weighted by atomic mass is 16.4. The topological polar surface area (TPSA) is 92.4 Å². The predicted octanol–water partition coefficient (Wildman–Crippen LogP) is 0.731. The van der Waals surface area contributed by atoms with Crippen LogP contribution < -0.4 is 11.1 Å². The zero-order chi connectivity index (χ0) is 13.3. The van der Waals surface area contributed by atoms with E-state index < -0.39 is 22.8 Å². The van der Waals surface area contributed by atoms with Gasteiger partial charge < -0.3 is 16.2 Å². The van der Waals surface area contributed by atoms with Gasteiger partial charge in [0.2, 0.25) is 5.91 Å². The van der Waals surface area contributed by atoms with E-state index in [1.54, 1.807) is 20.8 Å². The van der Waals surface area contributed by atoms with Crippen LogP contribution in [0.5, 0.6) is 0 Å². The van der Waals surface area contributed by atoms with E-state index in [0.29, 0.717) is 0 Å². The van der Waals surface area contributed by atoms with Gasteiger partial charge in [0.1, 0.15) is 6.04 Å². The first-order valence-corrected chi connectivity index (χ1v) is 5.97. The highest BCUT2D eigenvalue weighted by Crippen LogP contribution is 2.40. The Morgan fingerprint density at radius 2 is 1.94 bits per heavy atom. The third-order valence-corrected chi connectivity index (χ3v) is 3.57. The number of carboxylic acids is 1. The first-order valence-electron chi connectivity index (χ1n) is 5.97. The zero-order valence-corrected chi connectivity index (χ0v) is 10.7. The molecule has 0 aromatic rings. The van der Waals surface area contributed by atoms with Crippen molar-refractivity contribution in [2.75, 3.05) is 6.54 Å². The summed E-state index contributed by atoms with van der Waals surface area (Å²) in [5.74, 6) is -1.22. The second-order valence-electron chi connectivity index (χ2n) is 5.95. The molecular formula is C12H22N2O3. The van der Waals surface area contributed by atoms with E-state index in [0.717, 1.165) is 19.3 Å². The molecule has 1 aliphatic rings. The molecule has 1 amide bonds. The van der Waals surface area contributed by atoms with E-state index in [2.05, 4.69) is 5.32 Å². The molecule has 98 valence electrons. The number of rotatable bonds is 4. The minimum Gasteiger partial charge on any atom is -0.480 e. The molecule has 0 unspecified atom stereocenters. The first-order chi connectivity index (χ1) is 7.73. The SMILES string of the molecule is CC(C)(C)[C@H](NC(=O)C1(CN)CCC1)C(=O)O. The fraction of sp³-hybridized carbons (Fsp3) is 0.833. The van der Waals surface area contributed by atoms with Gasteiger partial charge in [-0.05, 0) is 18.3 Å². The Balaban J connectivity index is 2.75. The van der Waals surface area contributed by atoms with Gasteiger partial charge in [-0.2, -0.15) is 0 Å². The Morgan fingerprint density at radius 3 is 2.18 bits per heavy atom. The summed E-state index contributed by atoms with van der Waals surface area (Å²) in [6.07, 6.45) is 2.50. The summed E-state index contributed by atoms with van der Waals surface area (Å²) in [5.41, 5.74) is 4.58. The maximum Gasteiger partial charge on any atom is 0.326 e. The molecule has 1 saturated carbocycles. The molecule has 0 radical (unpaired) electrons. The van der Waals surface area contributed by atoms with Crippen LogP contribution in [0.3, 0.4) is 0 Å². The van der Waals surface area contributed by atoms with Gasteiger partial charge in [0, 0.05) is 6.54 Å². The van der Waals surface area contributed by atoms with Crippen molar-refractivity contribution in [1.82, 2.24) is 5.32 Å². The monoisotopic (exact) mass is 242 g/mol. The molecule has 0 aliphatic heterocycles. The van der Waals surface area contributed by atoms with E-state index >= 15 is 0 Å². The molecule has 5 nitrogen and oxygen atoms in total. The number of amides is 1. The average Bonchev–Trinajstić information content (AvgIpc) is 2.10. The lowest BCUT2D eigenvalue weighted by Gasteiger charge is -2.41. The molecule has 0 saturated heterocycles. The van der Waals surface area contributed by atoms with Gasteiger partial charge in [-0.3, -0.25) is 4.79 Å². The minimum atomic E-state index is -1.00. The predicted molar refractivity (Wildman–Crippen MR) is 64.4 cm³/mol. The van der Waals surface area contributed by atoms with Gasteiger partial charge in [-0.25, -0.2) is 4.79 Å². The van der Waals surface area contributed by atoms with Crippen molar-refractivity contribution in [3.63, 3.8) is 0 Å². The normalized spacial score (nSPS) is 20.2. The standard InChI is InChI=1S/C12H22N2O3/c1-11(2,3)8(9(15)16)14-10(17)12(7-13)5-4-6-12/h8H,4-7,13H2,1-3H3,(H,14,17)(H,15,16)/t8-/m1/s1. The van der Waals surface area contributed by atoms with Crippen molar-refractivity contribution in [1.29, 1.82) is 0 Å². The maximum atomic E-state index is 12.1. The Bertz CT molecular complexity index is 311. The summed E-state index contributed by atoms with van der Waals surface area (Å²) in [6.45, 7) is 5.67. The molecular weight excluding hydrogens is 220 g/mol. The summed E-state index contributed by atoms with van der Waals surface area (Å²) in [5, 5.41) is 11.8. The molecule has 1 atom stereocenters. The molecule has 0 aromatic carbocycles. The third kappa shape index (κ3) is 2.77. The lowest BCUT2D eigenvalue weighted by molar-refractivity contribution is -0.148. The van der Waals surface area contributed by atoms with E-state index in [9.17, 15) is 9.59 Å². The molecule has 0 heterocycles. The molecule has 0 aromatic heterocycles. The molecule has 4 N–H and O–H groups in total. The largest absolute Gasteiger partial charge is 0.480 e. The number of aliphatic carboxylic acids is 1. The number of hydrogen-bond acceptors (Lipinski definition) is 3. The van der Waals surface area contributed by atoms with Gasteiger partial charge in [0.05, 0.1) is 5.41 Å². The van der Waals surface area contributed by atoms with Crippen molar-refractivity contribution < 1.29 is 14.7 Å². The van der Waals surface area contributed by atoms with E-state index in [1.165, 1.54) is 0 Å². The number of nitrogens with one attached hydrogen (secondary N) is 1. The Morgan fingerprint density at radius 1 is 1.41 bits per heavy atom. The van der Waals surface area contributed by atoms with Crippen LogP contribution in [0.2, 0.25) is 0 Å². The smallest absolute Gasteiger partial charge is 0.326 e. The van der Waals surface area contributed by atoms with E-state index in [1.807, 2.05) is 0 Å². The van der Waals surface area contributed by atoms with E-state index in [-0.39, 0.29) is 12.5 Å².